The number of hydrogen-bond donors (Lipinski definition) is 1. The van der Waals surface area contributed by atoms with Gasteiger partial charge in [0.25, 0.3) is 0 Å². The van der Waals surface area contributed by atoms with Gasteiger partial charge in [-0.3, -0.25) is 0 Å². The van der Waals surface area contributed by atoms with Crippen molar-refractivity contribution < 1.29 is 13.0 Å². The van der Waals surface area contributed by atoms with E-state index in [2.05, 4.69) is 18.9 Å². The van der Waals surface area contributed by atoms with E-state index in [1.807, 2.05) is 0 Å². The first-order valence-electron chi connectivity index (χ1n) is 5.74. The van der Waals surface area contributed by atoms with E-state index >= 15 is 0 Å². The third-order valence-corrected chi connectivity index (χ3v) is 7.94. The summed E-state index contributed by atoms with van der Waals surface area (Å²) >= 11 is -1.94. The van der Waals surface area contributed by atoms with E-state index in [9.17, 15) is 8.23 Å². The molecular weight excluding hydrogens is 321 g/mol. The standard InChI is InChI=1S/C11H22INO3/c1-4-6-12(15)10-8-13(3)7-5-11(10)16-9(2)14/h10-11,15H,4-8H2,1-3H3/t10-,11?/m1/s1. The van der Waals surface area contributed by atoms with Gasteiger partial charge in [-0.2, -0.15) is 0 Å². The third kappa shape index (κ3) is 4.18. The molecule has 4 nitrogen and oxygen atoms in total. The minimum absolute atomic E-state index is 0.0459. The fourth-order valence-corrected chi connectivity index (χ4v) is 6.42. The predicted octanol–water partition coefficient (Wildman–Crippen LogP) is 1.45. The molecule has 0 aliphatic carbocycles. The topological polar surface area (TPSA) is 49.8 Å². The maximum atomic E-state index is 11.0. The van der Waals surface area contributed by atoms with Crippen molar-refractivity contribution in [2.24, 2.45) is 0 Å². The number of halogens is 1. The van der Waals surface area contributed by atoms with E-state index in [1.54, 1.807) is 0 Å². The first-order valence-corrected chi connectivity index (χ1v) is 9.47. The average molecular weight is 343 g/mol. The van der Waals surface area contributed by atoms with Crippen molar-refractivity contribution in [1.29, 1.82) is 0 Å². The Morgan fingerprint density at radius 3 is 2.88 bits per heavy atom. The molecule has 1 heterocycles. The molecule has 1 fully saturated rings. The van der Waals surface area contributed by atoms with Crippen LogP contribution in [0.15, 0.2) is 0 Å². The van der Waals surface area contributed by atoms with Crippen LogP contribution < -0.4 is 0 Å². The van der Waals surface area contributed by atoms with E-state index in [4.69, 9.17) is 4.74 Å². The van der Waals surface area contributed by atoms with Gasteiger partial charge in [0, 0.05) is 0 Å². The van der Waals surface area contributed by atoms with Gasteiger partial charge in [0.15, 0.2) is 0 Å². The molecule has 0 spiro atoms. The molecular formula is C11H22INO3. The van der Waals surface area contributed by atoms with Crippen molar-refractivity contribution >= 4 is 26.2 Å². The van der Waals surface area contributed by atoms with Crippen molar-refractivity contribution in [3.63, 3.8) is 0 Å². The minimum atomic E-state index is -1.94. The average Bonchev–Trinajstić information content (AvgIpc) is 2.20. The summed E-state index contributed by atoms with van der Waals surface area (Å²) in [5, 5.41) is 0. The Hall–Kier alpha value is 0.120. The molecule has 0 bridgehead atoms. The van der Waals surface area contributed by atoms with Crippen molar-refractivity contribution in [2.75, 3.05) is 24.6 Å². The second-order valence-corrected chi connectivity index (χ2v) is 9.07. The summed E-state index contributed by atoms with van der Waals surface area (Å²) in [5.41, 5.74) is 0. The normalized spacial score (nSPS) is 27.6. The second-order valence-electron chi connectivity index (χ2n) is 4.28. The van der Waals surface area contributed by atoms with Crippen molar-refractivity contribution in [2.45, 2.75) is 36.7 Å². The predicted molar refractivity (Wildman–Crippen MR) is 72.9 cm³/mol. The van der Waals surface area contributed by atoms with Gasteiger partial charge in [0.1, 0.15) is 0 Å². The SMILES string of the molecule is CCCI(O)[C@@H]1CN(C)CCC1OC(C)=O. The Morgan fingerprint density at radius 1 is 1.62 bits per heavy atom. The number of likely N-dealkylation sites (tertiary alicyclic amines) is 1. The molecule has 0 aromatic carbocycles. The fraction of sp³-hybridized carbons (Fsp3) is 0.909. The molecule has 1 N–H and O–H groups in total. The first-order chi connectivity index (χ1) is 7.54. The van der Waals surface area contributed by atoms with E-state index in [-0.39, 0.29) is 16.0 Å². The Morgan fingerprint density at radius 2 is 2.31 bits per heavy atom. The summed E-state index contributed by atoms with van der Waals surface area (Å²) in [5.74, 6) is -0.222. The first kappa shape index (κ1) is 14.2. The molecule has 0 saturated carbocycles. The molecule has 1 saturated heterocycles. The van der Waals surface area contributed by atoms with Crippen LogP contribution in [0.25, 0.3) is 0 Å². The van der Waals surface area contributed by atoms with Crippen LogP contribution in [0.4, 0.5) is 0 Å². The number of hydrogen-bond acceptors (Lipinski definition) is 4. The summed E-state index contributed by atoms with van der Waals surface area (Å²) < 4.78 is 16.7. The van der Waals surface area contributed by atoms with Gasteiger partial charge in [0.2, 0.25) is 0 Å². The fourth-order valence-electron chi connectivity index (χ4n) is 1.96. The van der Waals surface area contributed by atoms with Gasteiger partial charge in [-0.1, -0.05) is 0 Å². The number of piperidine rings is 1. The number of carbonyl (C=O) groups is 1. The number of nitrogens with zero attached hydrogens (tertiary/aromatic N) is 1. The zero-order valence-corrected chi connectivity index (χ0v) is 12.4. The molecule has 5 heteroatoms. The molecule has 2 atom stereocenters. The van der Waals surface area contributed by atoms with Crippen molar-refractivity contribution in [3.8, 4) is 0 Å². The molecule has 16 heavy (non-hydrogen) atoms. The zero-order chi connectivity index (χ0) is 12.1. The van der Waals surface area contributed by atoms with Gasteiger partial charge in [-0.25, -0.2) is 0 Å². The zero-order valence-electron chi connectivity index (χ0n) is 10.3. The molecule has 1 unspecified atom stereocenters. The number of rotatable bonds is 4. The Labute approximate surface area is 105 Å². The summed E-state index contributed by atoms with van der Waals surface area (Å²) in [7, 11) is 2.06. The van der Waals surface area contributed by atoms with Gasteiger partial charge in [0.05, 0.1) is 0 Å². The third-order valence-electron chi connectivity index (χ3n) is 2.71. The Balaban J connectivity index is 2.60. The van der Waals surface area contributed by atoms with E-state index in [0.29, 0.717) is 0 Å². The van der Waals surface area contributed by atoms with Crippen molar-refractivity contribution in [1.82, 2.24) is 4.90 Å². The monoisotopic (exact) mass is 343 g/mol. The van der Waals surface area contributed by atoms with Crippen LogP contribution in [0.2, 0.25) is 0 Å². The number of esters is 1. The maximum absolute atomic E-state index is 11.0. The number of alkyl halides is 2. The van der Waals surface area contributed by atoms with Crippen LogP contribution in [0.1, 0.15) is 26.7 Å². The van der Waals surface area contributed by atoms with Gasteiger partial charge < -0.3 is 0 Å². The van der Waals surface area contributed by atoms with E-state index < -0.39 is 20.2 Å². The van der Waals surface area contributed by atoms with Gasteiger partial charge in [-0.15, -0.1) is 0 Å². The van der Waals surface area contributed by atoms with E-state index in [0.717, 1.165) is 30.4 Å². The molecule has 96 valence electrons. The van der Waals surface area contributed by atoms with Gasteiger partial charge in [-0.05, 0) is 0 Å². The Kier molecular flexibility index (Phi) is 5.99. The van der Waals surface area contributed by atoms with Gasteiger partial charge >= 0.3 is 105 Å². The molecule has 0 radical (unpaired) electrons. The summed E-state index contributed by atoms with van der Waals surface area (Å²) in [4.78, 5) is 13.2. The molecule has 1 rings (SSSR count). The van der Waals surface area contributed by atoms with Crippen LogP contribution in [0, 0.1) is 0 Å². The molecule has 1 aliphatic heterocycles. The quantitative estimate of drug-likeness (QED) is 0.477. The molecule has 1 aliphatic rings. The van der Waals surface area contributed by atoms with E-state index in [1.165, 1.54) is 6.92 Å². The van der Waals surface area contributed by atoms with Crippen LogP contribution in [-0.4, -0.2) is 48.9 Å². The molecule has 0 amide bonds. The van der Waals surface area contributed by atoms with Crippen LogP contribution in [-0.2, 0) is 9.53 Å². The summed E-state index contributed by atoms with van der Waals surface area (Å²) in [6.07, 6.45) is 1.84. The second kappa shape index (κ2) is 6.76. The summed E-state index contributed by atoms with van der Waals surface area (Å²) in [6.45, 7) is 5.36. The molecule has 0 aromatic heterocycles. The van der Waals surface area contributed by atoms with Crippen LogP contribution >= 0.6 is 20.2 Å². The molecule has 0 aromatic rings. The van der Waals surface area contributed by atoms with Crippen LogP contribution in [0.3, 0.4) is 0 Å². The van der Waals surface area contributed by atoms with Crippen molar-refractivity contribution in [3.05, 3.63) is 0 Å². The Bertz CT molecular complexity index is 237. The van der Waals surface area contributed by atoms with Crippen LogP contribution in [0.5, 0.6) is 0 Å². The number of ether oxygens (including phenoxy) is 1. The number of carbonyl (C=O) groups excluding carboxylic acids is 1. The summed E-state index contributed by atoms with van der Waals surface area (Å²) in [6, 6.07) is 0.